The molecule has 1 saturated heterocycles. The summed E-state index contributed by atoms with van der Waals surface area (Å²) in [4.78, 5) is 2.51. The number of hydrogen-bond donors (Lipinski definition) is 1. The minimum atomic E-state index is 0.302. The summed E-state index contributed by atoms with van der Waals surface area (Å²) < 4.78 is 0. The SMILES string of the molecule is Cc1ccc(C(C)N2CCC(C(C)(C)C)CC2)c(O)c1. The second-order valence-corrected chi connectivity index (χ2v) is 7.41. The monoisotopic (exact) mass is 275 g/mol. The first-order valence-electron chi connectivity index (χ1n) is 7.82. The first kappa shape index (κ1) is 15.4. The van der Waals surface area contributed by atoms with E-state index in [-0.39, 0.29) is 0 Å². The Morgan fingerprint density at radius 2 is 1.80 bits per heavy atom. The van der Waals surface area contributed by atoms with E-state index >= 15 is 0 Å². The average molecular weight is 275 g/mol. The summed E-state index contributed by atoms with van der Waals surface area (Å²) in [5, 5.41) is 10.1. The van der Waals surface area contributed by atoms with Gasteiger partial charge in [0.25, 0.3) is 0 Å². The standard InChI is InChI=1S/C18H29NO/c1-13-6-7-16(17(20)12-13)14(2)19-10-8-15(9-11-19)18(3,4)5/h6-7,12,14-15,20H,8-11H2,1-5H3. The maximum atomic E-state index is 10.1. The van der Waals surface area contributed by atoms with Crippen LogP contribution in [0.2, 0.25) is 0 Å². The van der Waals surface area contributed by atoms with Crippen molar-refractivity contribution < 1.29 is 5.11 Å². The van der Waals surface area contributed by atoms with Gasteiger partial charge in [0.1, 0.15) is 5.75 Å². The van der Waals surface area contributed by atoms with E-state index in [9.17, 15) is 5.11 Å². The van der Waals surface area contributed by atoms with Gasteiger partial charge in [-0.3, -0.25) is 4.90 Å². The summed E-state index contributed by atoms with van der Waals surface area (Å²) in [6.07, 6.45) is 2.53. The number of piperidine rings is 1. The molecule has 0 amide bonds. The second kappa shape index (κ2) is 5.77. The molecule has 1 aromatic rings. The van der Waals surface area contributed by atoms with Crippen LogP contribution < -0.4 is 0 Å². The average Bonchev–Trinajstić information content (AvgIpc) is 2.37. The topological polar surface area (TPSA) is 23.5 Å². The van der Waals surface area contributed by atoms with Gasteiger partial charge >= 0.3 is 0 Å². The number of nitrogens with zero attached hydrogens (tertiary/aromatic N) is 1. The molecule has 1 heterocycles. The minimum absolute atomic E-state index is 0.302. The van der Waals surface area contributed by atoms with Gasteiger partial charge in [0.15, 0.2) is 0 Å². The summed E-state index contributed by atoms with van der Waals surface area (Å²) in [6, 6.07) is 6.34. The fourth-order valence-electron chi connectivity index (χ4n) is 3.36. The molecule has 0 aromatic heterocycles. The van der Waals surface area contributed by atoms with Crippen molar-refractivity contribution in [3.8, 4) is 5.75 Å². The third-order valence-corrected chi connectivity index (χ3v) is 4.94. The minimum Gasteiger partial charge on any atom is -0.508 e. The molecule has 0 bridgehead atoms. The Balaban J connectivity index is 2.03. The van der Waals surface area contributed by atoms with Crippen LogP contribution in [0.1, 0.15) is 57.7 Å². The summed E-state index contributed by atoms with van der Waals surface area (Å²) in [6.45, 7) is 13.5. The van der Waals surface area contributed by atoms with Crippen LogP contribution in [-0.2, 0) is 0 Å². The zero-order valence-electron chi connectivity index (χ0n) is 13.6. The smallest absolute Gasteiger partial charge is 0.120 e. The number of hydrogen-bond acceptors (Lipinski definition) is 2. The Morgan fingerprint density at radius 3 is 2.30 bits per heavy atom. The molecule has 1 aliphatic heterocycles. The Kier molecular flexibility index (Phi) is 4.43. The molecule has 1 fully saturated rings. The Bertz CT molecular complexity index is 453. The fourth-order valence-corrected chi connectivity index (χ4v) is 3.36. The molecule has 1 atom stereocenters. The van der Waals surface area contributed by atoms with E-state index in [1.165, 1.54) is 12.8 Å². The lowest BCUT2D eigenvalue weighted by Crippen LogP contribution is -2.39. The zero-order valence-corrected chi connectivity index (χ0v) is 13.6. The van der Waals surface area contributed by atoms with Crippen molar-refractivity contribution in [1.29, 1.82) is 0 Å². The third kappa shape index (κ3) is 3.35. The maximum Gasteiger partial charge on any atom is 0.120 e. The van der Waals surface area contributed by atoms with E-state index in [0.29, 0.717) is 17.2 Å². The highest BCUT2D eigenvalue weighted by Gasteiger charge is 2.30. The largest absolute Gasteiger partial charge is 0.508 e. The van der Waals surface area contributed by atoms with Gasteiger partial charge in [-0.25, -0.2) is 0 Å². The molecule has 2 heteroatoms. The van der Waals surface area contributed by atoms with Crippen molar-refractivity contribution >= 4 is 0 Å². The summed E-state index contributed by atoms with van der Waals surface area (Å²) in [5.74, 6) is 1.26. The van der Waals surface area contributed by atoms with Gasteiger partial charge < -0.3 is 5.11 Å². The van der Waals surface area contributed by atoms with Crippen LogP contribution in [-0.4, -0.2) is 23.1 Å². The van der Waals surface area contributed by atoms with Gasteiger partial charge in [-0.05, 0) is 62.7 Å². The molecule has 0 aliphatic carbocycles. The van der Waals surface area contributed by atoms with Crippen LogP contribution >= 0.6 is 0 Å². The Labute approximate surface area is 123 Å². The van der Waals surface area contributed by atoms with Crippen LogP contribution in [0.25, 0.3) is 0 Å². The number of aryl methyl sites for hydroxylation is 1. The fraction of sp³-hybridized carbons (Fsp3) is 0.667. The van der Waals surface area contributed by atoms with E-state index in [4.69, 9.17) is 0 Å². The molecule has 20 heavy (non-hydrogen) atoms. The molecule has 1 aliphatic rings. The Morgan fingerprint density at radius 1 is 1.20 bits per heavy atom. The van der Waals surface area contributed by atoms with Gasteiger partial charge in [-0.1, -0.05) is 32.9 Å². The molecule has 0 spiro atoms. The van der Waals surface area contributed by atoms with E-state index in [1.807, 2.05) is 13.0 Å². The quantitative estimate of drug-likeness (QED) is 0.857. The summed E-state index contributed by atoms with van der Waals surface area (Å²) in [7, 11) is 0. The third-order valence-electron chi connectivity index (χ3n) is 4.94. The van der Waals surface area contributed by atoms with E-state index in [1.54, 1.807) is 0 Å². The normalized spacial score (nSPS) is 20.1. The highest BCUT2D eigenvalue weighted by atomic mass is 16.3. The highest BCUT2D eigenvalue weighted by Crippen LogP contribution is 2.37. The molecular weight excluding hydrogens is 246 g/mol. The van der Waals surface area contributed by atoms with Crippen molar-refractivity contribution in [3.05, 3.63) is 29.3 Å². The lowest BCUT2D eigenvalue weighted by molar-refractivity contribution is 0.0870. The van der Waals surface area contributed by atoms with Crippen LogP contribution in [0.4, 0.5) is 0 Å². The molecular formula is C18H29NO. The van der Waals surface area contributed by atoms with Gasteiger partial charge in [-0.15, -0.1) is 0 Å². The highest BCUT2D eigenvalue weighted by molar-refractivity contribution is 5.37. The molecule has 1 aromatic carbocycles. The predicted molar refractivity (Wildman–Crippen MR) is 85.0 cm³/mol. The number of rotatable bonds is 2. The number of benzene rings is 1. The van der Waals surface area contributed by atoms with Crippen LogP contribution in [0.5, 0.6) is 5.75 Å². The number of aromatic hydroxyl groups is 1. The molecule has 1 unspecified atom stereocenters. The lowest BCUT2D eigenvalue weighted by Gasteiger charge is -2.41. The first-order chi connectivity index (χ1) is 9.29. The number of likely N-dealkylation sites (tertiary alicyclic amines) is 1. The summed E-state index contributed by atoms with van der Waals surface area (Å²) >= 11 is 0. The zero-order chi connectivity index (χ0) is 14.9. The molecule has 2 rings (SSSR count). The number of phenols is 1. The van der Waals surface area contributed by atoms with Crippen molar-refractivity contribution in [2.45, 2.75) is 53.5 Å². The molecule has 2 nitrogen and oxygen atoms in total. The van der Waals surface area contributed by atoms with Crippen LogP contribution in [0, 0.1) is 18.3 Å². The summed E-state index contributed by atoms with van der Waals surface area (Å²) in [5.41, 5.74) is 2.59. The Hall–Kier alpha value is -1.02. The van der Waals surface area contributed by atoms with Crippen LogP contribution in [0.3, 0.4) is 0 Å². The van der Waals surface area contributed by atoms with Gasteiger partial charge in [0, 0.05) is 11.6 Å². The predicted octanol–water partition coefficient (Wildman–Crippen LogP) is 4.52. The molecule has 0 radical (unpaired) electrons. The van der Waals surface area contributed by atoms with E-state index in [0.717, 1.165) is 30.1 Å². The van der Waals surface area contributed by atoms with Gasteiger partial charge in [0.2, 0.25) is 0 Å². The van der Waals surface area contributed by atoms with Gasteiger partial charge in [0.05, 0.1) is 0 Å². The van der Waals surface area contributed by atoms with Crippen molar-refractivity contribution in [1.82, 2.24) is 4.90 Å². The van der Waals surface area contributed by atoms with Crippen molar-refractivity contribution in [2.75, 3.05) is 13.1 Å². The van der Waals surface area contributed by atoms with Crippen LogP contribution in [0.15, 0.2) is 18.2 Å². The van der Waals surface area contributed by atoms with E-state index in [2.05, 4.69) is 44.7 Å². The van der Waals surface area contributed by atoms with Gasteiger partial charge in [-0.2, -0.15) is 0 Å². The lowest BCUT2D eigenvalue weighted by atomic mass is 9.75. The molecule has 0 saturated carbocycles. The first-order valence-corrected chi connectivity index (χ1v) is 7.82. The van der Waals surface area contributed by atoms with Crippen molar-refractivity contribution in [2.24, 2.45) is 11.3 Å². The van der Waals surface area contributed by atoms with Crippen molar-refractivity contribution in [3.63, 3.8) is 0 Å². The second-order valence-electron chi connectivity index (χ2n) is 7.41. The van der Waals surface area contributed by atoms with E-state index < -0.39 is 0 Å². The number of phenolic OH excluding ortho intramolecular Hbond substituents is 1. The maximum absolute atomic E-state index is 10.1. The molecule has 1 N–H and O–H groups in total. The molecule has 112 valence electrons.